The van der Waals surface area contributed by atoms with Crippen LogP contribution in [0.5, 0.6) is 0 Å². The van der Waals surface area contributed by atoms with E-state index < -0.39 is 13.0 Å². The fraction of sp³-hybridized carbons (Fsp3) is 0.769. The molecule has 0 aromatic carbocycles. The third-order valence-corrected chi connectivity index (χ3v) is 3.34. The molecule has 6 nitrogen and oxygen atoms in total. The fourth-order valence-electron chi connectivity index (χ4n) is 2.29. The van der Waals surface area contributed by atoms with Gasteiger partial charge in [-0.2, -0.15) is 15.0 Å². The number of piperidine rings is 1. The first kappa shape index (κ1) is 15.7. The third kappa shape index (κ3) is 4.37. The molecule has 21 heavy (non-hydrogen) atoms. The van der Waals surface area contributed by atoms with E-state index in [1.54, 1.807) is 7.05 Å². The van der Waals surface area contributed by atoms with Crippen molar-refractivity contribution in [3.63, 3.8) is 0 Å². The maximum absolute atomic E-state index is 12.5. The maximum atomic E-state index is 12.5. The molecule has 0 unspecified atom stereocenters. The van der Waals surface area contributed by atoms with E-state index in [-0.39, 0.29) is 5.95 Å². The molecular weight excluding hydrogens is 278 g/mol. The highest BCUT2D eigenvalue weighted by Crippen LogP contribution is 2.20. The number of hydrogen-bond acceptors (Lipinski definition) is 6. The average molecular weight is 300 g/mol. The highest BCUT2D eigenvalue weighted by molar-refractivity contribution is 5.45. The van der Waals surface area contributed by atoms with Crippen LogP contribution in [0, 0.1) is 0 Å². The Balaban J connectivity index is 2.24. The van der Waals surface area contributed by atoms with Crippen LogP contribution in [0.4, 0.5) is 26.6 Å². The molecule has 0 aliphatic carbocycles. The Hall–Kier alpha value is -1.73. The van der Waals surface area contributed by atoms with Crippen molar-refractivity contribution in [3.05, 3.63) is 0 Å². The monoisotopic (exact) mass is 300 g/mol. The van der Waals surface area contributed by atoms with Crippen LogP contribution in [-0.4, -0.2) is 54.6 Å². The van der Waals surface area contributed by atoms with Crippen molar-refractivity contribution in [2.45, 2.75) is 32.6 Å². The Morgan fingerprint density at radius 3 is 2.52 bits per heavy atom. The molecule has 0 radical (unpaired) electrons. The Labute approximate surface area is 123 Å². The van der Waals surface area contributed by atoms with Gasteiger partial charge < -0.3 is 15.1 Å². The Morgan fingerprint density at radius 1 is 1.19 bits per heavy atom. The first-order valence-electron chi connectivity index (χ1n) is 7.34. The van der Waals surface area contributed by atoms with Crippen LogP contribution in [0.3, 0.4) is 0 Å². The molecule has 0 atom stereocenters. The van der Waals surface area contributed by atoms with E-state index in [2.05, 4.69) is 25.2 Å². The minimum Gasteiger partial charge on any atom is -0.354 e. The number of anilines is 3. The zero-order chi connectivity index (χ0) is 15.2. The van der Waals surface area contributed by atoms with Crippen molar-refractivity contribution in [1.82, 2.24) is 15.0 Å². The first-order chi connectivity index (χ1) is 10.1. The molecule has 2 heterocycles. The van der Waals surface area contributed by atoms with Gasteiger partial charge in [0.25, 0.3) is 6.43 Å². The highest BCUT2D eigenvalue weighted by atomic mass is 19.3. The summed E-state index contributed by atoms with van der Waals surface area (Å²) in [4.78, 5) is 16.4. The van der Waals surface area contributed by atoms with Gasteiger partial charge in [0.05, 0.1) is 6.54 Å². The number of nitrogens with zero attached hydrogens (tertiary/aromatic N) is 5. The van der Waals surface area contributed by atoms with Crippen molar-refractivity contribution in [1.29, 1.82) is 0 Å². The molecule has 2 rings (SSSR count). The minimum absolute atomic E-state index is 0.279. The number of hydrogen-bond donors (Lipinski definition) is 1. The summed E-state index contributed by atoms with van der Waals surface area (Å²) in [6.45, 7) is 4.00. The zero-order valence-electron chi connectivity index (χ0n) is 12.5. The Bertz CT molecular complexity index is 450. The van der Waals surface area contributed by atoms with E-state index in [1.165, 1.54) is 11.3 Å². The number of halogens is 2. The van der Waals surface area contributed by atoms with Gasteiger partial charge in [-0.15, -0.1) is 0 Å². The number of rotatable bonds is 6. The summed E-state index contributed by atoms with van der Waals surface area (Å²) in [6.07, 6.45) is 0.988. The number of nitrogens with one attached hydrogen (secondary N) is 1. The van der Waals surface area contributed by atoms with Crippen molar-refractivity contribution in [2.75, 3.05) is 48.3 Å². The van der Waals surface area contributed by atoms with E-state index in [1.807, 2.05) is 6.92 Å². The van der Waals surface area contributed by atoms with Gasteiger partial charge >= 0.3 is 0 Å². The molecule has 1 aliphatic heterocycles. The second kappa shape index (κ2) is 7.33. The van der Waals surface area contributed by atoms with Gasteiger partial charge in [0, 0.05) is 26.7 Å². The topological polar surface area (TPSA) is 57.2 Å². The van der Waals surface area contributed by atoms with Gasteiger partial charge in [0.1, 0.15) is 0 Å². The van der Waals surface area contributed by atoms with Gasteiger partial charge in [-0.05, 0) is 26.2 Å². The van der Waals surface area contributed by atoms with Crippen molar-refractivity contribution in [2.24, 2.45) is 0 Å². The average Bonchev–Trinajstić information content (AvgIpc) is 2.47. The summed E-state index contributed by atoms with van der Waals surface area (Å²) in [6, 6.07) is 0. The number of alkyl halides is 2. The van der Waals surface area contributed by atoms with Crippen molar-refractivity contribution in [3.8, 4) is 0 Å². The molecule has 0 saturated carbocycles. The molecule has 1 aliphatic rings. The summed E-state index contributed by atoms with van der Waals surface area (Å²) in [5.41, 5.74) is 0. The predicted molar refractivity (Wildman–Crippen MR) is 79.3 cm³/mol. The van der Waals surface area contributed by atoms with Crippen LogP contribution < -0.4 is 15.1 Å². The van der Waals surface area contributed by atoms with E-state index in [0.717, 1.165) is 25.9 Å². The SMILES string of the molecule is CCNc1nc(N(C)CC(F)F)nc(N2CCCCC2)n1. The van der Waals surface area contributed by atoms with Gasteiger partial charge in [-0.1, -0.05) is 0 Å². The quantitative estimate of drug-likeness (QED) is 0.867. The Kier molecular flexibility index (Phi) is 5.46. The first-order valence-corrected chi connectivity index (χ1v) is 7.34. The van der Waals surface area contributed by atoms with Gasteiger partial charge in [0.15, 0.2) is 0 Å². The fourth-order valence-corrected chi connectivity index (χ4v) is 2.29. The molecule has 0 amide bonds. The normalized spacial score (nSPS) is 15.4. The lowest BCUT2D eigenvalue weighted by atomic mass is 10.1. The van der Waals surface area contributed by atoms with E-state index in [4.69, 9.17) is 0 Å². The summed E-state index contributed by atoms with van der Waals surface area (Å²) < 4.78 is 25.1. The van der Waals surface area contributed by atoms with Crippen molar-refractivity contribution >= 4 is 17.8 Å². The zero-order valence-corrected chi connectivity index (χ0v) is 12.5. The third-order valence-electron chi connectivity index (χ3n) is 3.34. The second-order valence-corrected chi connectivity index (χ2v) is 5.11. The molecule has 1 aromatic heterocycles. The predicted octanol–water partition coefficient (Wildman–Crippen LogP) is 1.99. The van der Waals surface area contributed by atoms with Crippen LogP contribution in [0.25, 0.3) is 0 Å². The van der Waals surface area contributed by atoms with Gasteiger partial charge in [0.2, 0.25) is 17.8 Å². The lowest BCUT2D eigenvalue weighted by molar-refractivity contribution is 0.156. The largest absolute Gasteiger partial charge is 0.354 e. The molecule has 118 valence electrons. The molecule has 1 fully saturated rings. The lowest BCUT2D eigenvalue weighted by Gasteiger charge is -2.27. The van der Waals surface area contributed by atoms with Crippen LogP contribution in [0.2, 0.25) is 0 Å². The van der Waals surface area contributed by atoms with Crippen LogP contribution in [-0.2, 0) is 0 Å². The molecule has 1 saturated heterocycles. The Morgan fingerprint density at radius 2 is 1.90 bits per heavy atom. The van der Waals surface area contributed by atoms with Crippen LogP contribution in [0.15, 0.2) is 0 Å². The van der Waals surface area contributed by atoms with E-state index in [0.29, 0.717) is 18.4 Å². The van der Waals surface area contributed by atoms with E-state index in [9.17, 15) is 8.78 Å². The number of aromatic nitrogens is 3. The summed E-state index contributed by atoms with van der Waals surface area (Å²) in [5, 5.41) is 3.03. The molecule has 8 heteroatoms. The molecule has 1 aromatic rings. The molecular formula is C13H22F2N6. The van der Waals surface area contributed by atoms with Crippen molar-refractivity contribution < 1.29 is 8.78 Å². The maximum Gasteiger partial charge on any atom is 0.255 e. The molecule has 1 N–H and O–H groups in total. The minimum atomic E-state index is -2.42. The second-order valence-electron chi connectivity index (χ2n) is 5.11. The smallest absolute Gasteiger partial charge is 0.255 e. The van der Waals surface area contributed by atoms with Crippen LogP contribution in [0.1, 0.15) is 26.2 Å². The van der Waals surface area contributed by atoms with Crippen LogP contribution >= 0.6 is 0 Å². The molecule has 0 spiro atoms. The summed E-state index contributed by atoms with van der Waals surface area (Å²) in [5.74, 6) is 1.28. The standard InChI is InChI=1S/C13H22F2N6/c1-3-16-11-17-12(20(2)9-10(14)15)19-13(18-11)21-7-5-4-6-8-21/h10H,3-9H2,1-2H3,(H,16,17,18,19). The lowest BCUT2D eigenvalue weighted by Crippen LogP contribution is -2.33. The van der Waals surface area contributed by atoms with Gasteiger partial charge in [-0.3, -0.25) is 0 Å². The summed E-state index contributed by atoms with van der Waals surface area (Å²) in [7, 11) is 1.57. The highest BCUT2D eigenvalue weighted by Gasteiger charge is 2.18. The van der Waals surface area contributed by atoms with E-state index >= 15 is 0 Å². The summed E-state index contributed by atoms with van der Waals surface area (Å²) >= 11 is 0. The van der Waals surface area contributed by atoms with Gasteiger partial charge in [-0.25, -0.2) is 8.78 Å². The molecule has 0 bridgehead atoms.